The van der Waals surface area contributed by atoms with E-state index in [1.807, 2.05) is 26.2 Å². The van der Waals surface area contributed by atoms with E-state index in [0.717, 1.165) is 43.9 Å². The van der Waals surface area contributed by atoms with Crippen LogP contribution in [0.1, 0.15) is 65.4 Å². The van der Waals surface area contributed by atoms with Gasteiger partial charge in [-0.1, -0.05) is 19.9 Å². The molecule has 3 heterocycles. The van der Waals surface area contributed by atoms with Gasteiger partial charge in [0.05, 0.1) is 0 Å². The summed E-state index contributed by atoms with van der Waals surface area (Å²) in [6.45, 7) is 10.8. The molecule has 4 rings (SSSR count). The molecule has 0 N–H and O–H groups in total. The van der Waals surface area contributed by atoms with Gasteiger partial charge in [0.25, 0.3) is 0 Å². The van der Waals surface area contributed by atoms with Gasteiger partial charge in [-0.3, -0.25) is 9.69 Å². The predicted molar refractivity (Wildman–Crippen MR) is 113 cm³/mol. The third-order valence-electron chi connectivity index (χ3n) is 6.86. The van der Waals surface area contributed by atoms with Gasteiger partial charge in [-0.25, -0.2) is 9.97 Å². The fraction of sp³-hybridized carbons (Fsp3) is 0.696. The Kier molecular flexibility index (Phi) is 5.55. The number of ketones is 1. The molecule has 1 aliphatic carbocycles. The monoisotopic (exact) mass is 382 g/mol. The molecule has 1 aromatic heterocycles. The predicted octanol–water partition coefficient (Wildman–Crippen LogP) is 3.95. The molecule has 3 atom stereocenters. The first-order chi connectivity index (χ1) is 13.4. The number of carbonyl (C=O) groups excluding carboxylic acids is 1. The Morgan fingerprint density at radius 3 is 2.18 bits per heavy atom. The van der Waals surface area contributed by atoms with Gasteiger partial charge in [0.1, 0.15) is 5.78 Å². The average Bonchev–Trinajstić information content (AvgIpc) is 2.96. The normalized spacial score (nSPS) is 28.1. The Balaban J connectivity index is 1.43. The van der Waals surface area contributed by atoms with Crippen LogP contribution in [0.5, 0.6) is 0 Å². The maximum Gasteiger partial charge on any atom is 0.225 e. The minimum atomic E-state index is 0.133. The Morgan fingerprint density at radius 2 is 1.68 bits per heavy atom. The van der Waals surface area contributed by atoms with Crippen LogP contribution in [0.15, 0.2) is 18.5 Å². The fourth-order valence-corrected chi connectivity index (χ4v) is 5.13. The molecule has 2 fully saturated rings. The maximum absolute atomic E-state index is 12.2. The van der Waals surface area contributed by atoms with Crippen molar-refractivity contribution in [1.29, 1.82) is 0 Å². The average molecular weight is 383 g/mol. The van der Waals surface area contributed by atoms with Crippen LogP contribution in [-0.4, -0.2) is 51.9 Å². The van der Waals surface area contributed by atoms with E-state index >= 15 is 0 Å². The van der Waals surface area contributed by atoms with Crippen LogP contribution in [0.2, 0.25) is 0 Å². The first-order valence-corrected chi connectivity index (χ1v) is 11.0. The van der Waals surface area contributed by atoms with Gasteiger partial charge in [-0.05, 0) is 51.5 Å². The number of hydrogen-bond donors (Lipinski definition) is 0. The van der Waals surface area contributed by atoms with Crippen LogP contribution in [0.25, 0.3) is 5.57 Å². The number of allylic oxidation sites excluding steroid dienone is 2. The SMILES string of the molecule is CC(C)C(=O)[C@H]1CC=C(c2cnc(N3C4CCC3CN(C(C)C)C4)nc2)CC1. The quantitative estimate of drug-likeness (QED) is 0.772. The smallest absolute Gasteiger partial charge is 0.225 e. The number of fused-ring (bicyclic) bond motifs is 2. The lowest BCUT2D eigenvalue weighted by Gasteiger charge is -2.42. The molecule has 0 saturated carbocycles. The summed E-state index contributed by atoms with van der Waals surface area (Å²) in [4.78, 5) is 26.8. The summed E-state index contributed by atoms with van der Waals surface area (Å²) in [6, 6.07) is 1.70. The molecule has 2 unspecified atom stereocenters. The van der Waals surface area contributed by atoms with E-state index in [9.17, 15) is 4.79 Å². The molecule has 5 heteroatoms. The highest BCUT2D eigenvalue weighted by atomic mass is 16.1. The van der Waals surface area contributed by atoms with E-state index in [4.69, 9.17) is 9.97 Å². The molecule has 5 nitrogen and oxygen atoms in total. The molecule has 2 saturated heterocycles. The molecule has 0 spiro atoms. The lowest BCUT2D eigenvalue weighted by Crippen LogP contribution is -2.56. The van der Waals surface area contributed by atoms with Crippen LogP contribution in [0.4, 0.5) is 5.95 Å². The van der Waals surface area contributed by atoms with Gasteiger partial charge in [-0.2, -0.15) is 0 Å². The summed E-state index contributed by atoms with van der Waals surface area (Å²) in [5.74, 6) is 1.62. The van der Waals surface area contributed by atoms with Crippen LogP contribution in [-0.2, 0) is 4.79 Å². The summed E-state index contributed by atoms with van der Waals surface area (Å²) < 4.78 is 0. The zero-order chi connectivity index (χ0) is 19.8. The zero-order valence-electron chi connectivity index (χ0n) is 17.8. The number of nitrogens with zero attached hydrogens (tertiary/aromatic N) is 4. The molecule has 1 aromatic rings. The number of piperazine rings is 1. The Labute approximate surface area is 169 Å². The number of anilines is 1. The molecule has 3 aliphatic rings. The number of hydrogen-bond acceptors (Lipinski definition) is 5. The summed E-state index contributed by atoms with van der Waals surface area (Å²) in [7, 11) is 0. The van der Waals surface area contributed by atoms with Crippen molar-refractivity contribution in [3.05, 3.63) is 24.0 Å². The molecule has 2 bridgehead atoms. The maximum atomic E-state index is 12.2. The third kappa shape index (κ3) is 3.73. The highest BCUT2D eigenvalue weighted by molar-refractivity contribution is 5.84. The van der Waals surface area contributed by atoms with Crippen molar-refractivity contribution in [2.24, 2.45) is 11.8 Å². The number of aromatic nitrogens is 2. The molecule has 0 radical (unpaired) electrons. The van der Waals surface area contributed by atoms with E-state index in [1.165, 1.54) is 18.4 Å². The van der Waals surface area contributed by atoms with Crippen LogP contribution in [0, 0.1) is 11.8 Å². The minimum absolute atomic E-state index is 0.133. The summed E-state index contributed by atoms with van der Waals surface area (Å²) in [5, 5.41) is 0. The van der Waals surface area contributed by atoms with Gasteiger partial charge in [0, 0.05) is 61.0 Å². The van der Waals surface area contributed by atoms with E-state index in [1.54, 1.807) is 0 Å². The van der Waals surface area contributed by atoms with Gasteiger partial charge in [-0.15, -0.1) is 0 Å². The number of Topliss-reactive ketones (excluding diaryl/α,β-unsaturated/α-hetero) is 1. The van der Waals surface area contributed by atoms with Crippen LogP contribution in [0.3, 0.4) is 0 Å². The van der Waals surface area contributed by atoms with Gasteiger partial charge in [0.15, 0.2) is 0 Å². The van der Waals surface area contributed by atoms with Crippen LogP contribution < -0.4 is 4.90 Å². The number of likely N-dealkylation sites (tertiary alicyclic amines) is 1. The highest BCUT2D eigenvalue weighted by Gasteiger charge is 2.41. The summed E-state index contributed by atoms with van der Waals surface area (Å²) in [6.07, 6.45) is 11.5. The molecule has 0 amide bonds. The van der Waals surface area contributed by atoms with E-state index in [2.05, 4.69) is 29.7 Å². The largest absolute Gasteiger partial charge is 0.332 e. The van der Waals surface area contributed by atoms with Crippen molar-refractivity contribution in [3.8, 4) is 0 Å². The first kappa shape index (κ1) is 19.6. The second-order valence-corrected chi connectivity index (χ2v) is 9.37. The van der Waals surface area contributed by atoms with Gasteiger partial charge < -0.3 is 4.90 Å². The second kappa shape index (κ2) is 7.94. The van der Waals surface area contributed by atoms with E-state index < -0.39 is 0 Å². The standard InChI is InChI=1S/C23H34N4O/c1-15(2)22(28)18-7-5-17(6-8-18)19-11-24-23(25-12-19)27-20-9-10-21(27)14-26(13-20)16(3)4/h5,11-12,15-16,18,20-21H,6-10,13-14H2,1-4H3/t18-,20?,21?/m0/s1. The molecular weight excluding hydrogens is 348 g/mol. The van der Waals surface area contributed by atoms with Crippen LogP contribution >= 0.6 is 0 Å². The first-order valence-electron chi connectivity index (χ1n) is 11.0. The van der Waals surface area contributed by atoms with E-state index in [-0.39, 0.29) is 11.8 Å². The van der Waals surface area contributed by atoms with Gasteiger partial charge >= 0.3 is 0 Å². The Bertz CT molecular complexity index is 725. The second-order valence-electron chi connectivity index (χ2n) is 9.37. The highest BCUT2D eigenvalue weighted by Crippen LogP contribution is 2.35. The van der Waals surface area contributed by atoms with E-state index in [0.29, 0.717) is 23.9 Å². The lowest BCUT2D eigenvalue weighted by atomic mass is 9.82. The third-order valence-corrected chi connectivity index (χ3v) is 6.86. The Morgan fingerprint density at radius 1 is 1.04 bits per heavy atom. The number of carbonyl (C=O) groups is 1. The summed E-state index contributed by atoms with van der Waals surface area (Å²) >= 11 is 0. The molecule has 2 aliphatic heterocycles. The van der Waals surface area contributed by atoms with Crippen molar-refractivity contribution >= 4 is 17.3 Å². The molecular formula is C23H34N4O. The van der Waals surface area contributed by atoms with Crippen molar-refractivity contribution in [3.63, 3.8) is 0 Å². The molecule has 0 aromatic carbocycles. The minimum Gasteiger partial charge on any atom is -0.332 e. The zero-order valence-corrected chi connectivity index (χ0v) is 17.8. The topological polar surface area (TPSA) is 49.3 Å². The van der Waals surface area contributed by atoms with Crippen molar-refractivity contribution in [2.75, 3.05) is 18.0 Å². The van der Waals surface area contributed by atoms with Crippen molar-refractivity contribution in [2.45, 2.75) is 77.9 Å². The molecule has 152 valence electrons. The summed E-state index contributed by atoms with van der Waals surface area (Å²) in [5.41, 5.74) is 2.42. The number of rotatable bonds is 5. The Hall–Kier alpha value is -1.75. The fourth-order valence-electron chi connectivity index (χ4n) is 5.13. The lowest BCUT2D eigenvalue weighted by molar-refractivity contribution is -0.126. The molecule has 28 heavy (non-hydrogen) atoms. The van der Waals surface area contributed by atoms with Crippen molar-refractivity contribution < 1.29 is 4.79 Å². The van der Waals surface area contributed by atoms with Crippen molar-refractivity contribution in [1.82, 2.24) is 14.9 Å². The van der Waals surface area contributed by atoms with Gasteiger partial charge in [0.2, 0.25) is 5.95 Å².